The Kier molecular flexibility index (Phi) is 8.71. The molecular weight excluding hydrogens is 340 g/mol. The zero-order valence-corrected chi connectivity index (χ0v) is 18.8. The van der Waals surface area contributed by atoms with E-state index in [1.54, 1.807) is 0 Å². The van der Waals surface area contributed by atoms with E-state index >= 15 is 0 Å². The number of carbonyl (C=O) groups is 1. The van der Waals surface area contributed by atoms with Crippen LogP contribution < -0.4 is 0 Å². The standard InChI is InChI=1S/C22H38O3Si/c1-15(2)26(16(3)4,17(5)6)25-14-18(7)21(23)19(8)22(24)20-12-10-9-11-13-20/h9-13,15-19,22,24H,14H2,1-8H3/t18-,19+,22+/m0/s1. The molecule has 0 amide bonds. The van der Waals surface area contributed by atoms with E-state index in [9.17, 15) is 9.90 Å². The molecule has 0 saturated carbocycles. The first-order valence-electron chi connectivity index (χ1n) is 9.96. The molecule has 0 fully saturated rings. The largest absolute Gasteiger partial charge is 0.415 e. The summed E-state index contributed by atoms with van der Waals surface area (Å²) in [5.41, 5.74) is 2.28. The third-order valence-corrected chi connectivity index (χ3v) is 11.9. The lowest BCUT2D eigenvalue weighted by molar-refractivity contribution is -0.130. The lowest BCUT2D eigenvalue weighted by Crippen LogP contribution is -2.49. The summed E-state index contributed by atoms with van der Waals surface area (Å²) < 4.78 is 6.57. The van der Waals surface area contributed by atoms with Gasteiger partial charge in [0.1, 0.15) is 5.78 Å². The van der Waals surface area contributed by atoms with Crippen LogP contribution in [0.25, 0.3) is 0 Å². The first-order chi connectivity index (χ1) is 12.1. The normalized spacial score (nSPS) is 16.2. The number of aliphatic hydroxyl groups is 1. The summed E-state index contributed by atoms with van der Waals surface area (Å²) in [5.74, 6) is -0.587. The Morgan fingerprint density at radius 1 is 0.923 bits per heavy atom. The van der Waals surface area contributed by atoms with Crippen molar-refractivity contribution in [3.8, 4) is 0 Å². The van der Waals surface area contributed by atoms with E-state index < -0.39 is 20.3 Å². The molecular formula is C22H38O3Si. The van der Waals surface area contributed by atoms with Crippen molar-refractivity contribution in [2.75, 3.05) is 6.61 Å². The van der Waals surface area contributed by atoms with E-state index in [4.69, 9.17) is 4.43 Å². The monoisotopic (exact) mass is 378 g/mol. The second-order valence-electron chi connectivity index (χ2n) is 8.58. The van der Waals surface area contributed by atoms with Crippen LogP contribution in [0.3, 0.4) is 0 Å². The second-order valence-corrected chi connectivity index (χ2v) is 14.0. The van der Waals surface area contributed by atoms with Crippen molar-refractivity contribution in [2.45, 2.75) is 78.1 Å². The summed E-state index contributed by atoms with van der Waals surface area (Å²) >= 11 is 0. The van der Waals surface area contributed by atoms with Crippen LogP contribution >= 0.6 is 0 Å². The SMILES string of the molecule is CC(C)[Si](OC[C@H](C)C(=O)[C@@H](C)[C@@H](O)c1ccccc1)(C(C)C)C(C)C. The molecule has 0 unspecified atom stereocenters. The van der Waals surface area contributed by atoms with Crippen LogP contribution in [-0.4, -0.2) is 25.8 Å². The molecule has 0 radical (unpaired) electrons. The predicted molar refractivity (Wildman–Crippen MR) is 112 cm³/mol. The molecule has 0 aliphatic carbocycles. The highest BCUT2D eigenvalue weighted by atomic mass is 28.4. The molecule has 1 aromatic rings. The van der Waals surface area contributed by atoms with Gasteiger partial charge in [0.25, 0.3) is 0 Å². The molecule has 1 N–H and O–H groups in total. The number of aliphatic hydroxyl groups excluding tert-OH is 1. The first-order valence-corrected chi connectivity index (χ1v) is 12.1. The Labute approximate surface area is 161 Å². The van der Waals surface area contributed by atoms with Crippen LogP contribution in [0, 0.1) is 11.8 Å². The van der Waals surface area contributed by atoms with Crippen molar-refractivity contribution < 1.29 is 14.3 Å². The quantitative estimate of drug-likeness (QED) is 0.527. The minimum atomic E-state index is -1.98. The molecule has 1 rings (SSSR count). The minimum Gasteiger partial charge on any atom is -0.415 e. The molecule has 0 aromatic heterocycles. The van der Waals surface area contributed by atoms with Gasteiger partial charge >= 0.3 is 0 Å². The number of benzene rings is 1. The van der Waals surface area contributed by atoms with Crippen molar-refractivity contribution in [2.24, 2.45) is 11.8 Å². The Balaban J connectivity index is 2.82. The summed E-state index contributed by atoms with van der Waals surface area (Å²) in [6.45, 7) is 17.7. The van der Waals surface area contributed by atoms with E-state index in [0.29, 0.717) is 23.2 Å². The van der Waals surface area contributed by atoms with Crippen LogP contribution in [0.1, 0.15) is 67.1 Å². The molecule has 4 heteroatoms. The van der Waals surface area contributed by atoms with Gasteiger partial charge in [-0.1, -0.05) is 85.7 Å². The fraction of sp³-hybridized carbons (Fsp3) is 0.682. The molecule has 3 atom stereocenters. The molecule has 0 heterocycles. The van der Waals surface area contributed by atoms with E-state index in [1.807, 2.05) is 44.2 Å². The Hall–Kier alpha value is -0.973. The molecule has 3 nitrogen and oxygen atoms in total. The van der Waals surface area contributed by atoms with Gasteiger partial charge in [-0.05, 0) is 22.2 Å². The topological polar surface area (TPSA) is 46.5 Å². The number of ketones is 1. The maximum absolute atomic E-state index is 12.9. The molecule has 148 valence electrons. The summed E-state index contributed by atoms with van der Waals surface area (Å²) in [4.78, 5) is 12.9. The number of hydrogen-bond donors (Lipinski definition) is 1. The average Bonchev–Trinajstić information content (AvgIpc) is 2.59. The van der Waals surface area contributed by atoms with Gasteiger partial charge in [0, 0.05) is 18.4 Å². The molecule has 0 saturated heterocycles. The van der Waals surface area contributed by atoms with Gasteiger partial charge in [-0.15, -0.1) is 0 Å². The van der Waals surface area contributed by atoms with Crippen LogP contribution in [0.2, 0.25) is 16.6 Å². The van der Waals surface area contributed by atoms with E-state index in [-0.39, 0.29) is 11.7 Å². The predicted octanol–water partition coefficient (Wildman–Crippen LogP) is 5.75. The molecule has 1 aromatic carbocycles. The third-order valence-electron chi connectivity index (χ3n) is 5.84. The Bertz CT molecular complexity index is 532. The van der Waals surface area contributed by atoms with Gasteiger partial charge in [-0.2, -0.15) is 0 Å². The maximum Gasteiger partial charge on any atom is 0.200 e. The maximum atomic E-state index is 12.9. The summed E-state index contributed by atoms with van der Waals surface area (Å²) in [7, 11) is -1.98. The zero-order chi connectivity index (χ0) is 20.1. The Morgan fingerprint density at radius 3 is 1.81 bits per heavy atom. The van der Waals surface area contributed by atoms with Crippen LogP contribution in [0.5, 0.6) is 0 Å². The highest BCUT2D eigenvalue weighted by Crippen LogP contribution is 2.42. The molecule has 0 aliphatic rings. The van der Waals surface area contributed by atoms with Gasteiger partial charge in [0.2, 0.25) is 0 Å². The summed E-state index contributed by atoms with van der Waals surface area (Å²) in [5, 5.41) is 10.5. The molecule has 26 heavy (non-hydrogen) atoms. The third kappa shape index (κ3) is 5.05. The summed E-state index contributed by atoms with van der Waals surface area (Å²) in [6.07, 6.45) is -0.770. The van der Waals surface area contributed by atoms with E-state index in [0.717, 1.165) is 5.56 Å². The van der Waals surface area contributed by atoms with Crippen LogP contribution in [0.15, 0.2) is 30.3 Å². The fourth-order valence-electron chi connectivity index (χ4n) is 4.39. The van der Waals surface area contributed by atoms with Crippen molar-refractivity contribution in [1.82, 2.24) is 0 Å². The molecule has 0 spiro atoms. The van der Waals surface area contributed by atoms with Crippen LogP contribution in [0.4, 0.5) is 0 Å². The number of rotatable bonds is 10. The fourth-order valence-corrected chi connectivity index (χ4v) is 9.93. The van der Waals surface area contributed by atoms with Crippen LogP contribution in [-0.2, 0) is 9.22 Å². The summed E-state index contributed by atoms with van der Waals surface area (Å²) in [6, 6.07) is 9.41. The van der Waals surface area contributed by atoms with Gasteiger partial charge in [0.05, 0.1) is 6.10 Å². The number of Topliss-reactive ketones (excluding diaryl/α,β-unsaturated/α-hetero) is 1. The van der Waals surface area contributed by atoms with Crippen molar-refractivity contribution in [3.05, 3.63) is 35.9 Å². The molecule has 0 aliphatic heterocycles. The van der Waals surface area contributed by atoms with Crippen molar-refractivity contribution in [3.63, 3.8) is 0 Å². The van der Waals surface area contributed by atoms with E-state index in [2.05, 4.69) is 41.5 Å². The Morgan fingerprint density at radius 2 is 1.38 bits per heavy atom. The van der Waals surface area contributed by atoms with Gasteiger partial charge in [-0.3, -0.25) is 4.79 Å². The zero-order valence-electron chi connectivity index (χ0n) is 17.8. The highest BCUT2D eigenvalue weighted by molar-refractivity contribution is 6.77. The highest BCUT2D eigenvalue weighted by Gasteiger charge is 2.45. The minimum absolute atomic E-state index is 0.0699. The van der Waals surface area contributed by atoms with Gasteiger partial charge in [-0.25, -0.2) is 0 Å². The van der Waals surface area contributed by atoms with Crippen molar-refractivity contribution in [1.29, 1.82) is 0 Å². The average molecular weight is 379 g/mol. The van der Waals surface area contributed by atoms with Crippen molar-refractivity contribution >= 4 is 14.1 Å². The lowest BCUT2D eigenvalue weighted by Gasteiger charge is -2.42. The number of hydrogen-bond acceptors (Lipinski definition) is 3. The van der Waals surface area contributed by atoms with Gasteiger partial charge < -0.3 is 9.53 Å². The van der Waals surface area contributed by atoms with E-state index in [1.165, 1.54) is 0 Å². The lowest BCUT2D eigenvalue weighted by atomic mass is 9.88. The number of carbonyl (C=O) groups excluding carboxylic acids is 1. The second kappa shape index (κ2) is 9.82. The molecule has 0 bridgehead atoms. The first kappa shape index (κ1) is 23.1. The smallest absolute Gasteiger partial charge is 0.200 e. The van der Waals surface area contributed by atoms with Gasteiger partial charge in [0.15, 0.2) is 8.32 Å².